The zero-order chi connectivity index (χ0) is 30.8. The van der Waals surface area contributed by atoms with Gasteiger partial charge in [0.1, 0.15) is 5.82 Å². The minimum Gasteiger partial charge on any atom is -0.400 e. The first kappa shape index (κ1) is 31.4. The van der Waals surface area contributed by atoms with Crippen LogP contribution in [-0.4, -0.2) is 36.8 Å². The number of nitrogens with zero attached hydrogens (tertiary/aromatic N) is 2. The number of rotatable bonds is 18. The molecule has 5 N–H and O–H groups in total. The molecule has 0 aromatic heterocycles. The van der Waals surface area contributed by atoms with E-state index < -0.39 is 0 Å². The first-order valence-electron chi connectivity index (χ1n) is 18.0. The van der Waals surface area contributed by atoms with Crippen molar-refractivity contribution in [3.05, 3.63) is 47.1 Å². The lowest BCUT2D eigenvalue weighted by Gasteiger charge is -2.89. The number of fused-ring (bicyclic) bond motifs is 10. The van der Waals surface area contributed by atoms with Gasteiger partial charge in [0, 0.05) is 48.4 Å². The molecule has 6 nitrogen and oxygen atoms in total. The molecule has 0 heterocycles. The quantitative estimate of drug-likeness (QED) is 0.0555. The van der Waals surface area contributed by atoms with Gasteiger partial charge < -0.3 is 21.4 Å². The van der Waals surface area contributed by atoms with E-state index in [1.54, 1.807) is 0 Å². The number of nitrogens with one attached hydrogen (secondary N) is 3. The van der Waals surface area contributed by atoms with E-state index in [4.69, 9.17) is 16.6 Å². The summed E-state index contributed by atoms with van der Waals surface area (Å²) in [7, 11) is 0. The summed E-state index contributed by atoms with van der Waals surface area (Å²) in [5.74, 6) is 8.50. The second-order valence-electron chi connectivity index (χ2n) is 15.3. The van der Waals surface area contributed by atoms with Crippen molar-refractivity contribution in [3.63, 3.8) is 0 Å². The van der Waals surface area contributed by atoms with Crippen LogP contribution in [0.3, 0.4) is 0 Å². The topological polar surface area (TPSA) is 101 Å². The summed E-state index contributed by atoms with van der Waals surface area (Å²) >= 11 is 0. The molecule has 0 aromatic carbocycles. The minimum atomic E-state index is 0.329. The molecule has 6 aliphatic rings. The summed E-state index contributed by atoms with van der Waals surface area (Å²) in [5.41, 5.74) is 10.9. The standard InChI is InChI=1S/C38H58N6/c1-4-44(23-33(41)38-32-18-17-31(32)36(38)34-29-15-16-30(29)35(34)38)22-27-13-11-26(12-14-27)20-28(21-39)37(43-24-40)42-19-9-7-5-6-8-10-25(2)3/h11,13-14,19,21,23-26,29-32,34-36,39H,4-10,12,15-18,20,22,41H2,1-3H3,(H2,40,43)/b33-23-,37-28-,39-21?,42-19+. The molecule has 0 amide bonds. The molecule has 0 bridgehead atoms. The Hall–Kier alpha value is -2.63. The predicted molar refractivity (Wildman–Crippen MR) is 184 cm³/mol. The zero-order valence-electron chi connectivity index (χ0n) is 27.6. The van der Waals surface area contributed by atoms with Crippen LogP contribution >= 0.6 is 0 Å². The molecule has 0 saturated heterocycles. The van der Waals surface area contributed by atoms with Crippen LogP contribution in [0.2, 0.25) is 0 Å². The molecule has 6 rings (SSSR count). The Balaban J connectivity index is 1.01. The summed E-state index contributed by atoms with van der Waals surface area (Å²) in [6.07, 6.45) is 28.6. The third kappa shape index (κ3) is 5.42. The van der Waals surface area contributed by atoms with Crippen molar-refractivity contribution in [2.75, 3.05) is 13.1 Å². The van der Waals surface area contributed by atoms with Crippen molar-refractivity contribution in [1.29, 1.82) is 10.8 Å². The van der Waals surface area contributed by atoms with Crippen molar-refractivity contribution < 1.29 is 0 Å². The van der Waals surface area contributed by atoms with E-state index in [0.29, 0.717) is 17.2 Å². The monoisotopic (exact) mass is 598 g/mol. The highest BCUT2D eigenvalue weighted by Gasteiger charge is 2.86. The van der Waals surface area contributed by atoms with Gasteiger partial charge in [-0.2, -0.15) is 0 Å². The fourth-order valence-electron chi connectivity index (χ4n) is 10.5. The van der Waals surface area contributed by atoms with Crippen LogP contribution in [0, 0.1) is 69.5 Å². The molecular formula is C38H58N6. The average Bonchev–Trinajstić information content (AvgIpc) is 2.99. The Kier molecular flexibility index (Phi) is 9.54. The largest absolute Gasteiger partial charge is 0.400 e. The zero-order valence-corrected chi connectivity index (χ0v) is 27.6. The van der Waals surface area contributed by atoms with Gasteiger partial charge in [-0.3, -0.25) is 5.41 Å². The first-order valence-corrected chi connectivity index (χ1v) is 18.0. The van der Waals surface area contributed by atoms with Gasteiger partial charge >= 0.3 is 0 Å². The molecule has 240 valence electrons. The molecule has 0 radical (unpaired) electrons. The van der Waals surface area contributed by atoms with E-state index in [1.807, 2.05) is 6.21 Å². The molecule has 44 heavy (non-hydrogen) atoms. The Morgan fingerprint density at radius 3 is 2.50 bits per heavy atom. The van der Waals surface area contributed by atoms with Crippen molar-refractivity contribution in [1.82, 2.24) is 10.2 Å². The van der Waals surface area contributed by atoms with Crippen LogP contribution in [0.15, 0.2) is 52.1 Å². The number of likely N-dealkylation sites (N-methyl/N-ethyl adjacent to an activating group) is 1. The summed E-state index contributed by atoms with van der Waals surface area (Å²) in [4.78, 5) is 7.09. The Bertz CT molecular complexity index is 1210. The van der Waals surface area contributed by atoms with E-state index in [0.717, 1.165) is 91.7 Å². The summed E-state index contributed by atoms with van der Waals surface area (Å²) in [6.45, 7) is 8.71. The number of allylic oxidation sites excluding steroid dienone is 4. The summed E-state index contributed by atoms with van der Waals surface area (Å²) < 4.78 is 0. The Morgan fingerprint density at radius 2 is 1.86 bits per heavy atom. The highest BCUT2D eigenvalue weighted by atomic mass is 15.1. The lowest BCUT2D eigenvalue weighted by molar-refractivity contribution is -0.405. The van der Waals surface area contributed by atoms with Crippen LogP contribution in [-0.2, 0) is 0 Å². The maximum atomic E-state index is 8.08. The number of unbranched alkanes of at least 4 members (excludes halogenated alkanes) is 4. The molecule has 9 atom stereocenters. The molecule has 0 spiro atoms. The predicted octanol–water partition coefficient (Wildman–Crippen LogP) is 8.05. The molecule has 5 saturated carbocycles. The smallest absolute Gasteiger partial charge is 0.135 e. The Labute approximate surface area is 266 Å². The van der Waals surface area contributed by atoms with Gasteiger partial charge in [-0.25, -0.2) is 4.99 Å². The fraction of sp³-hybridized carbons (Fsp3) is 0.711. The second-order valence-corrected chi connectivity index (χ2v) is 15.3. The molecule has 5 fully saturated rings. The SMILES string of the molecule is CCN(/C=C(\N)C12C3CCC3C1C1C3CCC3C12)CC1=CCC(C/C(C=N)=C(\N=C\CCCCCCC(C)C)NC=N)C=C1. The lowest BCUT2D eigenvalue weighted by Crippen LogP contribution is -2.86. The van der Waals surface area contributed by atoms with Gasteiger partial charge in [0.15, 0.2) is 0 Å². The maximum Gasteiger partial charge on any atom is 0.135 e. The number of hydrogen-bond acceptors (Lipinski definition) is 5. The molecular weight excluding hydrogens is 540 g/mol. The fourth-order valence-corrected chi connectivity index (χ4v) is 10.5. The first-order chi connectivity index (χ1) is 21.4. The summed E-state index contributed by atoms with van der Waals surface area (Å²) in [6, 6.07) is 0. The van der Waals surface area contributed by atoms with Gasteiger partial charge in [-0.1, -0.05) is 57.8 Å². The van der Waals surface area contributed by atoms with E-state index >= 15 is 0 Å². The highest BCUT2D eigenvalue weighted by molar-refractivity contribution is 5.79. The maximum absolute atomic E-state index is 8.08. The van der Waals surface area contributed by atoms with Gasteiger partial charge in [-0.05, 0) is 117 Å². The molecule has 0 aliphatic heterocycles. The molecule has 0 aromatic rings. The normalized spacial score (nSPS) is 36.5. The van der Waals surface area contributed by atoms with E-state index in [2.05, 4.69) is 60.4 Å². The van der Waals surface area contributed by atoms with Gasteiger partial charge in [0.2, 0.25) is 0 Å². The number of nitrogens with two attached hydrogens (primary N) is 1. The second kappa shape index (κ2) is 13.4. The number of hydrogen-bond donors (Lipinski definition) is 4. The molecule has 6 aliphatic carbocycles. The van der Waals surface area contributed by atoms with Gasteiger partial charge in [0.25, 0.3) is 0 Å². The van der Waals surface area contributed by atoms with Crippen molar-refractivity contribution >= 4 is 18.8 Å². The van der Waals surface area contributed by atoms with Crippen LogP contribution < -0.4 is 11.1 Å². The minimum absolute atomic E-state index is 0.329. The molecule has 9 unspecified atom stereocenters. The van der Waals surface area contributed by atoms with E-state index in [1.165, 1.54) is 75.2 Å². The van der Waals surface area contributed by atoms with Gasteiger partial charge in [-0.15, -0.1) is 0 Å². The van der Waals surface area contributed by atoms with Gasteiger partial charge in [0.05, 0.1) is 6.34 Å². The summed E-state index contributed by atoms with van der Waals surface area (Å²) in [5, 5.41) is 18.6. The number of aliphatic imine (C=N–C) groups is 1. The van der Waals surface area contributed by atoms with Crippen molar-refractivity contribution in [2.45, 2.75) is 97.8 Å². The third-order valence-corrected chi connectivity index (χ3v) is 12.8. The van der Waals surface area contributed by atoms with Crippen LogP contribution in [0.1, 0.15) is 97.8 Å². The lowest BCUT2D eigenvalue weighted by atomic mass is 9.15. The van der Waals surface area contributed by atoms with Crippen molar-refractivity contribution in [3.8, 4) is 0 Å². The van der Waals surface area contributed by atoms with Crippen molar-refractivity contribution in [2.24, 2.45) is 69.4 Å². The van der Waals surface area contributed by atoms with E-state index in [9.17, 15) is 0 Å². The van der Waals surface area contributed by atoms with Crippen LogP contribution in [0.4, 0.5) is 0 Å². The molecule has 6 heteroatoms. The van der Waals surface area contributed by atoms with E-state index in [-0.39, 0.29) is 0 Å². The van der Waals surface area contributed by atoms with Crippen LogP contribution in [0.25, 0.3) is 0 Å². The highest BCUT2D eigenvalue weighted by Crippen LogP contribution is 2.90. The Morgan fingerprint density at radius 1 is 1.09 bits per heavy atom. The third-order valence-electron chi connectivity index (χ3n) is 12.8. The average molecular weight is 599 g/mol. The van der Waals surface area contributed by atoms with Crippen LogP contribution in [0.5, 0.6) is 0 Å².